The fourth-order valence-corrected chi connectivity index (χ4v) is 2.33. The molecule has 1 heterocycles. The van der Waals surface area contributed by atoms with Gasteiger partial charge < -0.3 is 15.2 Å². The molecule has 0 saturated carbocycles. The van der Waals surface area contributed by atoms with E-state index in [0.29, 0.717) is 12.6 Å². The fraction of sp³-hybridized carbons (Fsp3) is 0.667. The van der Waals surface area contributed by atoms with Crippen molar-refractivity contribution in [2.24, 2.45) is 0 Å². The molecule has 1 aromatic heterocycles. The summed E-state index contributed by atoms with van der Waals surface area (Å²) in [6.45, 7) is 4.46. The third kappa shape index (κ3) is 6.23. The third-order valence-corrected chi connectivity index (χ3v) is 3.18. The zero-order valence-corrected chi connectivity index (χ0v) is 10.6. The largest absolute Gasteiger partial charge is 0.394 e. The molecular weight excluding hydrogens is 222 g/mol. The van der Waals surface area contributed by atoms with Crippen LogP contribution < -0.4 is 5.32 Å². The summed E-state index contributed by atoms with van der Waals surface area (Å²) >= 11 is 1.81. The summed E-state index contributed by atoms with van der Waals surface area (Å²) in [6, 6.07) is 4.78. The van der Waals surface area contributed by atoms with Gasteiger partial charge >= 0.3 is 0 Å². The zero-order chi connectivity index (χ0) is 11.6. The Hall–Kier alpha value is -0.420. The molecule has 1 rings (SSSR count). The summed E-state index contributed by atoms with van der Waals surface area (Å²) in [7, 11) is 0. The molecule has 16 heavy (non-hydrogen) atoms. The lowest BCUT2D eigenvalue weighted by atomic mass is 10.2. The molecule has 3 nitrogen and oxygen atoms in total. The van der Waals surface area contributed by atoms with E-state index in [1.807, 2.05) is 11.3 Å². The maximum atomic E-state index is 8.52. The van der Waals surface area contributed by atoms with E-state index in [-0.39, 0.29) is 6.61 Å². The summed E-state index contributed by atoms with van der Waals surface area (Å²) in [6.07, 6.45) is 2.09. The number of nitrogens with one attached hydrogen (secondary N) is 1. The highest BCUT2D eigenvalue weighted by Crippen LogP contribution is 2.10. The van der Waals surface area contributed by atoms with Gasteiger partial charge in [-0.05, 0) is 37.8 Å². The first-order chi connectivity index (χ1) is 7.83. The van der Waals surface area contributed by atoms with Gasteiger partial charge in [-0.25, -0.2) is 0 Å². The van der Waals surface area contributed by atoms with Crippen molar-refractivity contribution >= 4 is 11.3 Å². The van der Waals surface area contributed by atoms with Gasteiger partial charge in [0.05, 0.1) is 13.2 Å². The summed E-state index contributed by atoms with van der Waals surface area (Å²) in [5, 5.41) is 14.1. The van der Waals surface area contributed by atoms with Crippen molar-refractivity contribution in [2.75, 3.05) is 26.4 Å². The molecule has 1 aromatic rings. The monoisotopic (exact) mass is 243 g/mol. The Morgan fingerprint density at radius 3 is 3.06 bits per heavy atom. The lowest BCUT2D eigenvalue weighted by molar-refractivity contribution is 0.0904. The van der Waals surface area contributed by atoms with Crippen LogP contribution in [0.3, 0.4) is 0 Å². The second-order valence-electron chi connectivity index (χ2n) is 3.83. The number of hydrogen-bond donors (Lipinski definition) is 2. The van der Waals surface area contributed by atoms with E-state index in [1.54, 1.807) is 0 Å². The maximum absolute atomic E-state index is 8.52. The van der Waals surface area contributed by atoms with Crippen LogP contribution in [0.2, 0.25) is 0 Å². The second kappa shape index (κ2) is 8.70. The second-order valence-corrected chi connectivity index (χ2v) is 4.86. The Morgan fingerprint density at radius 1 is 1.50 bits per heavy atom. The molecule has 1 unspecified atom stereocenters. The Labute approximate surface area is 101 Å². The molecule has 1 atom stereocenters. The molecule has 92 valence electrons. The molecule has 0 aliphatic carbocycles. The summed E-state index contributed by atoms with van der Waals surface area (Å²) in [5.74, 6) is 0. The van der Waals surface area contributed by atoms with Gasteiger partial charge in [-0.2, -0.15) is 0 Å². The van der Waals surface area contributed by atoms with Crippen molar-refractivity contribution in [3.05, 3.63) is 22.4 Å². The summed E-state index contributed by atoms with van der Waals surface area (Å²) in [5.41, 5.74) is 0. The molecular formula is C12H21NO2S. The SMILES string of the molecule is CC(Cc1cccs1)NCCCOCCO. The topological polar surface area (TPSA) is 41.5 Å². The predicted molar refractivity (Wildman–Crippen MR) is 68.0 cm³/mol. The van der Waals surface area contributed by atoms with Gasteiger partial charge in [-0.15, -0.1) is 11.3 Å². The molecule has 0 saturated heterocycles. The van der Waals surface area contributed by atoms with E-state index in [2.05, 4.69) is 29.8 Å². The third-order valence-electron chi connectivity index (χ3n) is 2.28. The summed E-state index contributed by atoms with van der Waals surface area (Å²) < 4.78 is 5.18. The molecule has 0 aliphatic rings. The Balaban J connectivity index is 1.96. The molecule has 0 bridgehead atoms. The van der Waals surface area contributed by atoms with Crippen LogP contribution in [-0.2, 0) is 11.2 Å². The highest BCUT2D eigenvalue weighted by atomic mass is 32.1. The minimum absolute atomic E-state index is 0.113. The fourth-order valence-electron chi connectivity index (χ4n) is 1.49. The van der Waals surface area contributed by atoms with Gasteiger partial charge in [0.1, 0.15) is 0 Å². The zero-order valence-electron chi connectivity index (χ0n) is 9.82. The normalized spacial score (nSPS) is 12.9. The van der Waals surface area contributed by atoms with Crippen LogP contribution in [-0.4, -0.2) is 37.5 Å². The van der Waals surface area contributed by atoms with Gasteiger partial charge in [0.15, 0.2) is 0 Å². The van der Waals surface area contributed by atoms with Crippen molar-refractivity contribution in [3.8, 4) is 0 Å². The molecule has 0 aromatic carbocycles. The smallest absolute Gasteiger partial charge is 0.0697 e. The van der Waals surface area contributed by atoms with Gasteiger partial charge in [0, 0.05) is 17.5 Å². The van der Waals surface area contributed by atoms with Crippen LogP contribution in [0.5, 0.6) is 0 Å². The van der Waals surface area contributed by atoms with Gasteiger partial charge in [-0.1, -0.05) is 6.07 Å². The van der Waals surface area contributed by atoms with E-state index in [9.17, 15) is 0 Å². The Kier molecular flexibility index (Phi) is 7.42. The number of aliphatic hydroxyl groups excluding tert-OH is 1. The van der Waals surface area contributed by atoms with E-state index >= 15 is 0 Å². The van der Waals surface area contributed by atoms with Crippen LogP contribution in [0.1, 0.15) is 18.2 Å². The molecule has 0 aliphatic heterocycles. The minimum Gasteiger partial charge on any atom is -0.394 e. The molecule has 4 heteroatoms. The average Bonchev–Trinajstić information content (AvgIpc) is 2.76. The van der Waals surface area contributed by atoms with Gasteiger partial charge in [0.2, 0.25) is 0 Å². The van der Waals surface area contributed by atoms with Crippen LogP contribution in [0.15, 0.2) is 17.5 Å². The first kappa shape index (κ1) is 13.6. The molecule has 0 amide bonds. The van der Waals surface area contributed by atoms with Gasteiger partial charge in [-0.3, -0.25) is 0 Å². The predicted octanol–water partition coefficient (Wildman–Crippen LogP) is 1.67. The standard InChI is InChI=1S/C12H21NO2S/c1-11(10-12-4-2-9-16-12)13-5-3-7-15-8-6-14/h2,4,9,11,13-14H,3,5-8,10H2,1H3. The highest BCUT2D eigenvalue weighted by molar-refractivity contribution is 7.09. The average molecular weight is 243 g/mol. The lowest BCUT2D eigenvalue weighted by Crippen LogP contribution is -2.29. The van der Waals surface area contributed by atoms with Crippen molar-refractivity contribution in [1.82, 2.24) is 5.32 Å². The number of thiophene rings is 1. The Bertz CT molecular complexity index is 252. The first-order valence-corrected chi connectivity index (χ1v) is 6.65. The van der Waals surface area contributed by atoms with E-state index in [0.717, 1.165) is 26.0 Å². The van der Waals surface area contributed by atoms with Crippen molar-refractivity contribution in [3.63, 3.8) is 0 Å². The van der Waals surface area contributed by atoms with Crippen molar-refractivity contribution < 1.29 is 9.84 Å². The van der Waals surface area contributed by atoms with E-state index in [1.165, 1.54) is 4.88 Å². The number of rotatable bonds is 9. The molecule has 0 radical (unpaired) electrons. The van der Waals surface area contributed by atoms with Crippen molar-refractivity contribution in [2.45, 2.75) is 25.8 Å². The molecule has 0 fully saturated rings. The summed E-state index contributed by atoms with van der Waals surface area (Å²) in [4.78, 5) is 1.43. The van der Waals surface area contributed by atoms with Crippen LogP contribution in [0, 0.1) is 0 Å². The van der Waals surface area contributed by atoms with E-state index < -0.39 is 0 Å². The lowest BCUT2D eigenvalue weighted by Gasteiger charge is -2.12. The van der Waals surface area contributed by atoms with E-state index in [4.69, 9.17) is 9.84 Å². The van der Waals surface area contributed by atoms with Crippen molar-refractivity contribution in [1.29, 1.82) is 0 Å². The quantitative estimate of drug-likeness (QED) is 0.648. The molecule has 2 N–H and O–H groups in total. The van der Waals surface area contributed by atoms with Crippen LogP contribution in [0.4, 0.5) is 0 Å². The maximum Gasteiger partial charge on any atom is 0.0697 e. The number of aliphatic hydroxyl groups is 1. The Morgan fingerprint density at radius 2 is 2.38 bits per heavy atom. The minimum atomic E-state index is 0.113. The molecule has 0 spiro atoms. The first-order valence-electron chi connectivity index (χ1n) is 5.77. The number of hydrogen-bond acceptors (Lipinski definition) is 4. The highest BCUT2D eigenvalue weighted by Gasteiger charge is 2.02. The van der Waals surface area contributed by atoms with Gasteiger partial charge in [0.25, 0.3) is 0 Å². The number of ether oxygens (including phenoxy) is 1. The van der Waals surface area contributed by atoms with Crippen LogP contribution in [0.25, 0.3) is 0 Å². The van der Waals surface area contributed by atoms with Crippen LogP contribution >= 0.6 is 11.3 Å².